The first-order valence-electron chi connectivity index (χ1n) is 8.75. The van der Waals surface area contributed by atoms with Crippen molar-refractivity contribution >= 4 is 16.9 Å². The molecule has 0 aliphatic heterocycles. The van der Waals surface area contributed by atoms with Gasteiger partial charge in [0.25, 0.3) is 0 Å². The van der Waals surface area contributed by atoms with Crippen LogP contribution in [0.2, 0.25) is 0 Å². The minimum absolute atomic E-state index is 0.0230. The molecule has 0 saturated carbocycles. The molecule has 0 radical (unpaired) electrons. The average Bonchev–Trinajstić information content (AvgIpc) is 3.14. The van der Waals surface area contributed by atoms with E-state index in [1.54, 1.807) is 6.33 Å². The Bertz CT molecular complexity index is 892. The summed E-state index contributed by atoms with van der Waals surface area (Å²) in [6, 6.07) is 7.52. The molecule has 0 spiro atoms. The first-order chi connectivity index (χ1) is 12.0. The van der Waals surface area contributed by atoms with Crippen molar-refractivity contribution in [1.29, 1.82) is 0 Å². The van der Waals surface area contributed by atoms with Crippen LogP contribution in [0.5, 0.6) is 0 Å². The minimum atomic E-state index is -0.321. The molecule has 1 unspecified atom stereocenters. The molecule has 25 heavy (non-hydrogen) atoms. The maximum Gasteiger partial charge on any atom is 0.243 e. The smallest absolute Gasteiger partial charge is 0.243 e. The van der Waals surface area contributed by atoms with Gasteiger partial charge in [0.2, 0.25) is 5.91 Å². The Morgan fingerprint density at radius 3 is 2.80 bits per heavy atom. The lowest BCUT2D eigenvalue weighted by molar-refractivity contribution is -0.123. The maximum atomic E-state index is 12.6. The Morgan fingerprint density at radius 1 is 1.28 bits per heavy atom. The molecule has 2 heterocycles. The van der Waals surface area contributed by atoms with Crippen molar-refractivity contribution in [3.63, 3.8) is 0 Å². The topological polar surface area (TPSA) is 64.7 Å². The fraction of sp³-hybridized carbons (Fsp3) is 0.421. The van der Waals surface area contributed by atoms with E-state index in [0.29, 0.717) is 6.54 Å². The molecule has 0 aliphatic rings. The van der Waals surface area contributed by atoms with Crippen LogP contribution < -0.4 is 5.32 Å². The second kappa shape index (κ2) is 7.09. The standard InChI is InChI=1S/C19H25N5O/c1-5-10-24-14(3)16(13(2)22-24)11-20-19(25)15(4)23-12-21-17-8-6-7-9-18(17)23/h6-9,12,15H,5,10-11H2,1-4H3,(H,20,25). The van der Waals surface area contributed by atoms with Gasteiger partial charge < -0.3 is 9.88 Å². The van der Waals surface area contributed by atoms with E-state index in [2.05, 4.69) is 29.2 Å². The molecule has 1 N–H and O–H groups in total. The van der Waals surface area contributed by atoms with Crippen molar-refractivity contribution in [2.45, 2.75) is 53.2 Å². The summed E-state index contributed by atoms with van der Waals surface area (Å²) in [4.78, 5) is 17.0. The number of para-hydroxylation sites is 2. The summed E-state index contributed by atoms with van der Waals surface area (Å²) in [5.74, 6) is -0.0230. The van der Waals surface area contributed by atoms with E-state index in [9.17, 15) is 4.79 Å². The third kappa shape index (κ3) is 3.29. The quantitative estimate of drug-likeness (QED) is 0.750. The predicted octanol–water partition coefficient (Wildman–Crippen LogP) is 3.14. The number of carbonyl (C=O) groups is 1. The van der Waals surface area contributed by atoms with Crippen molar-refractivity contribution in [2.24, 2.45) is 0 Å². The molecule has 132 valence electrons. The molecular formula is C19H25N5O. The summed E-state index contributed by atoms with van der Waals surface area (Å²) in [6.45, 7) is 9.48. The van der Waals surface area contributed by atoms with Gasteiger partial charge in [0.15, 0.2) is 0 Å². The molecule has 0 aliphatic carbocycles. The van der Waals surface area contributed by atoms with Crippen LogP contribution in [0, 0.1) is 13.8 Å². The van der Waals surface area contributed by atoms with Gasteiger partial charge in [-0.15, -0.1) is 0 Å². The van der Waals surface area contributed by atoms with Gasteiger partial charge in [0, 0.05) is 24.3 Å². The third-order valence-corrected chi connectivity index (χ3v) is 4.68. The Hall–Kier alpha value is -2.63. The summed E-state index contributed by atoms with van der Waals surface area (Å²) in [7, 11) is 0. The first kappa shape index (κ1) is 17.2. The minimum Gasteiger partial charge on any atom is -0.350 e. The summed E-state index contributed by atoms with van der Waals surface area (Å²) in [5.41, 5.74) is 5.07. The van der Waals surface area contributed by atoms with Crippen LogP contribution in [0.15, 0.2) is 30.6 Å². The fourth-order valence-corrected chi connectivity index (χ4v) is 3.16. The van der Waals surface area contributed by atoms with Crippen molar-refractivity contribution in [3.05, 3.63) is 47.5 Å². The van der Waals surface area contributed by atoms with Gasteiger partial charge in [-0.2, -0.15) is 5.10 Å². The molecule has 0 saturated heterocycles. The number of fused-ring (bicyclic) bond motifs is 1. The zero-order chi connectivity index (χ0) is 18.0. The lowest BCUT2D eigenvalue weighted by Crippen LogP contribution is -2.30. The number of hydrogen-bond donors (Lipinski definition) is 1. The lowest BCUT2D eigenvalue weighted by Gasteiger charge is -2.15. The number of hydrogen-bond acceptors (Lipinski definition) is 3. The zero-order valence-electron chi connectivity index (χ0n) is 15.3. The second-order valence-electron chi connectivity index (χ2n) is 6.41. The van der Waals surface area contributed by atoms with E-state index >= 15 is 0 Å². The van der Waals surface area contributed by atoms with Crippen LogP contribution in [0.3, 0.4) is 0 Å². The third-order valence-electron chi connectivity index (χ3n) is 4.68. The number of nitrogens with one attached hydrogen (secondary N) is 1. The summed E-state index contributed by atoms with van der Waals surface area (Å²) in [6.07, 6.45) is 2.77. The molecule has 6 heteroatoms. The highest BCUT2D eigenvalue weighted by molar-refractivity contribution is 5.83. The van der Waals surface area contributed by atoms with Gasteiger partial charge in [-0.25, -0.2) is 4.98 Å². The molecule has 2 aromatic heterocycles. The second-order valence-corrected chi connectivity index (χ2v) is 6.41. The number of carbonyl (C=O) groups excluding carboxylic acids is 1. The van der Waals surface area contributed by atoms with E-state index in [0.717, 1.165) is 41.0 Å². The van der Waals surface area contributed by atoms with Crippen LogP contribution in [-0.4, -0.2) is 25.2 Å². The number of aryl methyl sites for hydroxylation is 2. The number of amides is 1. The summed E-state index contributed by atoms with van der Waals surface area (Å²) < 4.78 is 3.93. The van der Waals surface area contributed by atoms with Gasteiger partial charge in [-0.05, 0) is 39.3 Å². The normalized spacial score (nSPS) is 12.5. The molecule has 0 bridgehead atoms. The Morgan fingerprint density at radius 2 is 2.04 bits per heavy atom. The van der Waals surface area contributed by atoms with Crippen LogP contribution >= 0.6 is 0 Å². The molecule has 0 fully saturated rings. The molecule has 6 nitrogen and oxygen atoms in total. The predicted molar refractivity (Wildman–Crippen MR) is 98.3 cm³/mol. The van der Waals surface area contributed by atoms with Crippen LogP contribution in [0.4, 0.5) is 0 Å². The van der Waals surface area contributed by atoms with Gasteiger partial charge in [0.1, 0.15) is 6.04 Å². The van der Waals surface area contributed by atoms with E-state index in [-0.39, 0.29) is 11.9 Å². The van der Waals surface area contributed by atoms with Crippen molar-refractivity contribution in [2.75, 3.05) is 0 Å². The molecule has 3 aromatic rings. The van der Waals surface area contributed by atoms with Gasteiger partial charge in [-0.3, -0.25) is 9.48 Å². The van der Waals surface area contributed by atoms with Crippen molar-refractivity contribution in [1.82, 2.24) is 24.6 Å². The van der Waals surface area contributed by atoms with Gasteiger partial charge >= 0.3 is 0 Å². The Balaban J connectivity index is 1.72. The average molecular weight is 339 g/mol. The number of aromatic nitrogens is 4. The molecule has 1 amide bonds. The van der Waals surface area contributed by atoms with Gasteiger partial charge in [0.05, 0.1) is 23.1 Å². The SMILES string of the molecule is CCCn1nc(C)c(CNC(=O)C(C)n2cnc3ccccc32)c1C. The lowest BCUT2D eigenvalue weighted by atomic mass is 10.2. The van der Waals surface area contributed by atoms with E-state index in [4.69, 9.17) is 0 Å². The summed E-state index contributed by atoms with van der Waals surface area (Å²) >= 11 is 0. The highest BCUT2D eigenvalue weighted by Crippen LogP contribution is 2.18. The number of benzene rings is 1. The van der Waals surface area contributed by atoms with Crippen molar-refractivity contribution < 1.29 is 4.79 Å². The fourth-order valence-electron chi connectivity index (χ4n) is 3.16. The summed E-state index contributed by atoms with van der Waals surface area (Å²) in [5, 5.41) is 7.61. The zero-order valence-corrected chi connectivity index (χ0v) is 15.3. The van der Waals surface area contributed by atoms with Crippen LogP contribution in [0.1, 0.15) is 43.3 Å². The largest absolute Gasteiger partial charge is 0.350 e. The first-order valence-corrected chi connectivity index (χ1v) is 8.75. The number of imidazole rings is 1. The Kier molecular flexibility index (Phi) is 4.88. The van der Waals surface area contributed by atoms with E-state index in [1.807, 2.05) is 47.4 Å². The highest BCUT2D eigenvalue weighted by atomic mass is 16.2. The highest BCUT2D eigenvalue weighted by Gasteiger charge is 2.18. The molecular weight excluding hydrogens is 314 g/mol. The van der Waals surface area contributed by atoms with Gasteiger partial charge in [-0.1, -0.05) is 19.1 Å². The maximum absolute atomic E-state index is 12.6. The number of rotatable bonds is 6. The molecule has 1 aromatic carbocycles. The number of nitrogens with zero attached hydrogens (tertiary/aromatic N) is 4. The Labute approximate surface area is 147 Å². The molecule has 1 atom stereocenters. The van der Waals surface area contributed by atoms with Crippen LogP contribution in [0.25, 0.3) is 11.0 Å². The van der Waals surface area contributed by atoms with E-state index in [1.165, 1.54) is 0 Å². The van der Waals surface area contributed by atoms with Crippen molar-refractivity contribution in [3.8, 4) is 0 Å². The van der Waals surface area contributed by atoms with Crippen LogP contribution in [-0.2, 0) is 17.9 Å². The monoisotopic (exact) mass is 339 g/mol. The molecule has 3 rings (SSSR count). The van der Waals surface area contributed by atoms with E-state index < -0.39 is 0 Å².